The Bertz CT molecular complexity index is 1280. The van der Waals surface area contributed by atoms with Crippen LogP contribution in [0.2, 0.25) is 0 Å². The van der Waals surface area contributed by atoms with Crippen LogP contribution in [0.5, 0.6) is 5.75 Å². The molecule has 1 amide bonds. The summed E-state index contributed by atoms with van der Waals surface area (Å²) >= 11 is 0. The summed E-state index contributed by atoms with van der Waals surface area (Å²) in [6.45, 7) is 3.85. The van der Waals surface area contributed by atoms with Gasteiger partial charge >= 0.3 is 0 Å². The summed E-state index contributed by atoms with van der Waals surface area (Å²) in [7, 11) is 0. The van der Waals surface area contributed by atoms with Crippen LogP contribution < -0.4 is 5.32 Å². The molecular formula is C24H20F5N3O2. The molecule has 1 aromatic heterocycles. The number of carbonyl (C=O) groups excluding carboxylic acids is 1. The van der Waals surface area contributed by atoms with Crippen LogP contribution in [0, 0.1) is 35.0 Å². The molecule has 4 rings (SSSR count). The maximum Gasteiger partial charge on any atom is 0.230 e. The highest BCUT2D eigenvalue weighted by molar-refractivity contribution is 5.92. The molecule has 2 aromatic carbocycles. The standard InChI is InChI=1S/C24H20F5N3O2/c1-10(2)7-16-24(31-15-6-3-11-8-12(33)4-5-13(11)23(15)30-16)32-17(34)9-14-18(25)20(27)22(29)21(28)19(14)26/h4-5,8,10,33H,3,6-7,9H2,1-2H3,(H,31,32,34). The van der Waals surface area contributed by atoms with Gasteiger partial charge in [-0.15, -0.1) is 0 Å². The number of aromatic nitrogens is 2. The maximum atomic E-state index is 14.0. The summed E-state index contributed by atoms with van der Waals surface area (Å²) in [5, 5.41) is 12.2. The zero-order chi connectivity index (χ0) is 24.7. The van der Waals surface area contributed by atoms with E-state index in [0.29, 0.717) is 36.3 Å². The number of hydrogen-bond acceptors (Lipinski definition) is 4. The lowest BCUT2D eigenvalue weighted by atomic mass is 9.91. The Morgan fingerprint density at radius 2 is 1.65 bits per heavy atom. The molecule has 34 heavy (non-hydrogen) atoms. The maximum absolute atomic E-state index is 14.0. The van der Waals surface area contributed by atoms with E-state index in [0.717, 1.165) is 11.1 Å². The van der Waals surface area contributed by atoms with Gasteiger partial charge in [0.2, 0.25) is 11.7 Å². The van der Waals surface area contributed by atoms with Gasteiger partial charge in [-0.1, -0.05) is 13.8 Å². The Balaban J connectivity index is 1.69. The predicted molar refractivity (Wildman–Crippen MR) is 114 cm³/mol. The van der Waals surface area contributed by atoms with Crippen LogP contribution in [0.15, 0.2) is 18.2 Å². The summed E-state index contributed by atoms with van der Waals surface area (Å²) < 4.78 is 68.3. The van der Waals surface area contributed by atoms with E-state index in [1.54, 1.807) is 12.1 Å². The number of phenols is 1. The summed E-state index contributed by atoms with van der Waals surface area (Å²) in [5.74, 6) is -11.3. The molecular weight excluding hydrogens is 457 g/mol. The van der Waals surface area contributed by atoms with Crippen molar-refractivity contribution in [3.63, 3.8) is 0 Å². The summed E-state index contributed by atoms with van der Waals surface area (Å²) in [6, 6.07) is 4.93. The highest BCUT2D eigenvalue weighted by Crippen LogP contribution is 2.35. The fourth-order valence-electron chi connectivity index (χ4n) is 3.94. The normalized spacial score (nSPS) is 12.5. The third-order valence-corrected chi connectivity index (χ3v) is 5.51. The number of benzene rings is 2. The van der Waals surface area contributed by atoms with Crippen molar-refractivity contribution < 1.29 is 31.9 Å². The van der Waals surface area contributed by atoms with Crippen LogP contribution in [0.3, 0.4) is 0 Å². The molecule has 0 bridgehead atoms. The average Bonchev–Trinajstić information content (AvgIpc) is 2.79. The number of carbonyl (C=O) groups is 1. The SMILES string of the molecule is CC(C)Cc1nc2c(nc1NC(=O)Cc1c(F)c(F)c(F)c(F)c1F)CCc1cc(O)ccc1-2. The lowest BCUT2D eigenvalue weighted by Gasteiger charge is -2.21. The molecule has 178 valence electrons. The molecule has 3 aromatic rings. The van der Waals surface area contributed by atoms with E-state index in [2.05, 4.69) is 15.3 Å². The van der Waals surface area contributed by atoms with Crippen LogP contribution >= 0.6 is 0 Å². The van der Waals surface area contributed by atoms with E-state index in [4.69, 9.17) is 0 Å². The average molecular weight is 477 g/mol. The number of hydrogen-bond donors (Lipinski definition) is 2. The highest BCUT2D eigenvalue weighted by Gasteiger charge is 2.28. The van der Waals surface area contributed by atoms with Crippen molar-refractivity contribution in [2.45, 2.75) is 39.5 Å². The minimum atomic E-state index is -2.28. The van der Waals surface area contributed by atoms with Crippen molar-refractivity contribution in [2.24, 2.45) is 5.92 Å². The molecule has 0 spiro atoms. The third-order valence-electron chi connectivity index (χ3n) is 5.51. The Morgan fingerprint density at radius 1 is 1.00 bits per heavy atom. The Hall–Kier alpha value is -3.56. The van der Waals surface area contributed by atoms with Crippen molar-refractivity contribution in [3.8, 4) is 17.0 Å². The predicted octanol–water partition coefficient (Wildman–Crippen LogP) is 5.02. The largest absolute Gasteiger partial charge is 0.508 e. The van der Waals surface area contributed by atoms with E-state index >= 15 is 0 Å². The highest BCUT2D eigenvalue weighted by atomic mass is 19.2. The van der Waals surface area contributed by atoms with Gasteiger partial charge in [-0.3, -0.25) is 4.79 Å². The molecule has 1 aliphatic carbocycles. The molecule has 0 saturated heterocycles. The van der Waals surface area contributed by atoms with Gasteiger partial charge in [-0.25, -0.2) is 31.9 Å². The first kappa shape index (κ1) is 23.6. The first-order valence-corrected chi connectivity index (χ1v) is 10.6. The summed E-state index contributed by atoms with van der Waals surface area (Å²) in [6.07, 6.45) is 0.383. The van der Waals surface area contributed by atoms with Crippen LogP contribution in [0.1, 0.15) is 36.4 Å². The van der Waals surface area contributed by atoms with Crippen molar-refractivity contribution >= 4 is 11.7 Å². The van der Waals surface area contributed by atoms with Gasteiger partial charge in [-0.05, 0) is 48.9 Å². The van der Waals surface area contributed by atoms with Crippen molar-refractivity contribution in [3.05, 3.63) is 69.8 Å². The number of rotatable bonds is 5. The van der Waals surface area contributed by atoms with Gasteiger partial charge < -0.3 is 10.4 Å². The molecule has 0 aliphatic heterocycles. The molecule has 0 atom stereocenters. The van der Waals surface area contributed by atoms with Crippen molar-refractivity contribution in [1.29, 1.82) is 0 Å². The molecule has 2 N–H and O–H groups in total. The minimum Gasteiger partial charge on any atom is -0.508 e. The topological polar surface area (TPSA) is 75.1 Å². The number of phenolic OH excluding ortho intramolecular Hbond substituents is 1. The van der Waals surface area contributed by atoms with Crippen LogP contribution in [-0.4, -0.2) is 21.0 Å². The van der Waals surface area contributed by atoms with E-state index in [1.807, 2.05) is 13.8 Å². The fraction of sp³-hybridized carbons (Fsp3) is 0.292. The first-order chi connectivity index (χ1) is 16.1. The summed E-state index contributed by atoms with van der Waals surface area (Å²) in [4.78, 5) is 21.8. The Kier molecular flexibility index (Phi) is 6.24. The van der Waals surface area contributed by atoms with Crippen LogP contribution in [0.25, 0.3) is 11.3 Å². The number of anilines is 1. The molecule has 1 aliphatic rings. The molecule has 10 heteroatoms. The molecule has 0 fully saturated rings. The molecule has 0 radical (unpaired) electrons. The van der Waals surface area contributed by atoms with E-state index in [9.17, 15) is 31.9 Å². The third kappa shape index (κ3) is 4.32. The number of nitrogens with zero attached hydrogens (tertiary/aromatic N) is 2. The van der Waals surface area contributed by atoms with Gasteiger partial charge in [0.05, 0.1) is 23.5 Å². The summed E-state index contributed by atoms with van der Waals surface area (Å²) in [5.41, 5.74) is 2.09. The second-order valence-corrected chi connectivity index (χ2v) is 8.53. The zero-order valence-electron chi connectivity index (χ0n) is 18.3. The number of halogens is 5. The lowest BCUT2D eigenvalue weighted by Crippen LogP contribution is -2.22. The van der Waals surface area contributed by atoms with Crippen molar-refractivity contribution in [2.75, 3.05) is 5.32 Å². The molecule has 0 saturated carbocycles. The van der Waals surface area contributed by atoms with Gasteiger partial charge in [0.1, 0.15) is 5.75 Å². The van der Waals surface area contributed by atoms with E-state index in [-0.39, 0.29) is 17.5 Å². The van der Waals surface area contributed by atoms with Crippen LogP contribution in [0.4, 0.5) is 27.8 Å². The monoisotopic (exact) mass is 477 g/mol. The second kappa shape index (κ2) is 9.00. The van der Waals surface area contributed by atoms with E-state index < -0.39 is 47.0 Å². The number of nitrogens with one attached hydrogen (secondary N) is 1. The van der Waals surface area contributed by atoms with Crippen molar-refractivity contribution in [1.82, 2.24) is 9.97 Å². The Labute approximate surface area is 191 Å². The molecule has 0 unspecified atom stereocenters. The zero-order valence-corrected chi connectivity index (χ0v) is 18.3. The van der Waals surface area contributed by atoms with Gasteiger partial charge in [0.25, 0.3) is 0 Å². The van der Waals surface area contributed by atoms with Crippen LogP contribution in [-0.2, 0) is 30.5 Å². The number of aromatic hydroxyl groups is 1. The number of aryl methyl sites for hydroxylation is 2. The minimum absolute atomic E-state index is 0.0727. The number of amides is 1. The Morgan fingerprint density at radius 3 is 2.29 bits per heavy atom. The first-order valence-electron chi connectivity index (χ1n) is 10.6. The van der Waals surface area contributed by atoms with E-state index in [1.165, 1.54) is 6.07 Å². The fourth-order valence-corrected chi connectivity index (χ4v) is 3.94. The van der Waals surface area contributed by atoms with Gasteiger partial charge in [0, 0.05) is 11.1 Å². The number of fused-ring (bicyclic) bond motifs is 3. The van der Waals surface area contributed by atoms with Gasteiger partial charge in [0.15, 0.2) is 29.1 Å². The second-order valence-electron chi connectivity index (χ2n) is 8.53. The molecule has 5 nitrogen and oxygen atoms in total. The molecule has 1 heterocycles. The lowest BCUT2D eigenvalue weighted by molar-refractivity contribution is -0.115. The van der Waals surface area contributed by atoms with Gasteiger partial charge in [-0.2, -0.15) is 0 Å². The quantitative estimate of drug-likeness (QED) is 0.307. The smallest absolute Gasteiger partial charge is 0.230 e.